The standard InChI is InChI=1S/C24H30N4O3S/c1-4-31-22-9-6-5-8-21(22)26-24(32)28(14-7-13-27-15-12-25-18-27)17-19-10-11-20(29-2)16-23(19)30-3/h5-6,8-12,15-16,18H,4,7,13-14,17H2,1-3H3,(H,26,32). The van der Waals surface area contributed by atoms with Gasteiger partial charge in [0.2, 0.25) is 0 Å². The number of ether oxygens (including phenoxy) is 3. The molecule has 0 radical (unpaired) electrons. The van der Waals surface area contributed by atoms with E-state index in [2.05, 4.69) is 19.8 Å². The summed E-state index contributed by atoms with van der Waals surface area (Å²) < 4.78 is 18.7. The fourth-order valence-electron chi connectivity index (χ4n) is 3.35. The van der Waals surface area contributed by atoms with Crippen LogP contribution in [0, 0.1) is 0 Å². The van der Waals surface area contributed by atoms with Crippen LogP contribution in [0.4, 0.5) is 5.69 Å². The molecule has 0 spiro atoms. The molecule has 0 unspecified atom stereocenters. The Morgan fingerprint density at radius 1 is 1.12 bits per heavy atom. The molecule has 0 aliphatic rings. The number of hydrogen-bond donors (Lipinski definition) is 1. The number of nitrogens with one attached hydrogen (secondary N) is 1. The number of anilines is 1. The van der Waals surface area contributed by atoms with Gasteiger partial charge in [0, 0.05) is 43.7 Å². The van der Waals surface area contributed by atoms with Gasteiger partial charge in [-0.3, -0.25) is 0 Å². The highest BCUT2D eigenvalue weighted by atomic mass is 32.1. The third-order valence-electron chi connectivity index (χ3n) is 4.97. The average Bonchev–Trinajstić information content (AvgIpc) is 3.33. The Kier molecular flexibility index (Phi) is 8.74. The minimum atomic E-state index is 0.586. The Morgan fingerprint density at radius 2 is 1.97 bits per heavy atom. The number of nitrogens with zero attached hydrogens (tertiary/aromatic N) is 3. The minimum absolute atomic E-state index is 0.586. The zero-order chi connectivity index (χ0) is 22.8. The Bertz CT molecular complexity index is 995. The van der Waals surface area contributed by atoms with Gasteiger partial charge in [-0.1, -0.05) is 12.1 Å². The largest absolute Gasteiger partial charge is 0.497 e. The van der Waals surface area contributed by atoms with Gasteiger partial charge in [-0.05, 0) is 49.8 Å². The lowest BCUT2D eigenvalue weighted by Crippen LogP contribution is -2.35. The summed E-state index contributed by atoms with van der Waals surface area (Å²) in [4.78, 5) is 6.25. The molecule has 32 heavy (non-hydrogen) atoms. The van der Waals surface area contributed by atoms with E-state index in [0.29, 0.717) is 18.3 Å². The van der Waals surface area contributed by atoms with E-state index in [1.165, 1.54) is 0 Å². The first-order valence-electron chi connectivity index (χ1n) is 10.6. The molecule has 170 valence electrons. The van der Waals surface area contributed by atoms with E-state index in [1.807, 2.05) is 61.9 Å². The third kappa shape index (κ3) is 6.37. The highest BCUT2D eigenvalue weighted by Gasteiger charge is 2.16. The first-order valence-corrected chi connectivity index (χ1v) is 11.0. The van der Waals surface area contributed by atoms with Gasteiger partial charge in [0.15, 0.2) is 5.11 Å². The fraction of sp³-hybridized carbons (Fsp3) is 0.333. The molecular formula is C24H30N4O3S. The van der Waals surface area contributed by atoms with Crippen molar-refractivity contribution in [2.75, 3.05) is 32.7 Å². The van der Waals surface area contributed by atoms with E-state index < -0.39 is 0 Å². The second-order valence-corrected chi connectivity index (χ2v) is 7.50. The summed E-state index contributed by atoms with van der Waals surface area (Å²) in [5.74, 6) is 2.29. The number of aryl methyl sites for hydroxylation is 1. The molecule has 0 bridgehead atoms. The molecule has 2 aromatic carbocycles. The topological polar surface area (TPSA) is 60.8 Å². The summed E-state index contributed by atoms with van der Waals surface area (Å²) in [6.07, 6.45) is 6.48. The quantitative estimate of drug-likeness (QED) is 0.425. The minimum Gasteiger partial charge on any atom is -0.497 e. The molecule has 0 fully saturated rings. The molecule has 1 N–H and O–H groups in total. The summed E-state index contributed by atoms with van der Waals surface area (Å²) in [7, 11) is 3.31. The molecule has 1 aromatic heterocycles. The Hall–Kier alpha value is -3.26. The average molecular weight is 455 g/mol. The van der Waals surface area contributed by atoms with E-state index in [0.717, 1.165) is 48.0 Å². The van der Waals surface area contributed by atoms with Gasteiger partial charge in [0.25, 0.3) is 0 Å². The molecule has 0 aliphatic carbocycles. The van der Waals surface area contributed by atoms with Gasteiger partial charge in [-0.15, -0.1) is 0 Å². The molecule has 0 atom stereocenters. The molecule has 7 nitrogen and oxygen atoms in total. The summed E-state index contributed by atoms with van der Waals surface area (Å²) in [5, 5.41) is 3.99. The second-order valence-electron chi connectivity index (χ2n) is 7.11. The van der Waals surface area contributed by atoms with Gasteiger partial charge >= 0.3 is 0 Å². The van der Waals surface area contributed by atoms with Crippen LogP contribution in [-0.4, -0.2) is 46.9 Å². The molecule has 0 saturated carbocycles. The first kappa shape index (κ1) is 23.4. The number of thiocarbonyl (C=S) groups is 1. The highest BCUT2D eigenvalue weighted by Crippen LogP contribution is 2.27. The smallest absolute Gasteiger partial charge is 0.173 e. The number of imidazole rings is 1. The number of methoxy groups -OCH3 is 2. The molecule has 0 aliphatic heterocycles. The van der Waals surface area contributed by atoms with Gasteiger partial charge in [-0.25, -0.2) is 4.98 Å². The predicted molar refractivity (Wildman–Crippen MR) is 131 cm³/mol. The van der Waals surface area contributed by atoms with Crippen molar-refractivity contribution in [1.82, 2.24) is 14.5 Å². The van der Waals surface area contributed by atoms with Crippen LogP contribution in [-0.2, 0) is 13.1 Å². The maximum atomic E-state index is 5.82. The van der Waals surface area contributed by atoms with Crippen molar-refractivity contribution in [3.05, 3.63) is 66.7 Å². The van der Waals surface area contributed by atoms with Crippen LogP contribution >= 0.6 is 12.2 Å². The van der Waals surface area contributed by atoms with Crippen molar-refractivity contribution >= 4 is 23.0 Å². The van der Waals surface area contributed by atoms with Crippen LogP contribution in [0.1, 0.15) is 18.9 Å². The van der Waals surface area contributed by atoms with E-state index >= 15 is 0 Å². The van der Waals surface area contributed by atoms with E-state index in [-0.39, 0.29) is 0 Å². The molecule has 0 amide bonds. The monoisotopic (exact) mass is 454 g/mol. The summed E-state index contributed by atoms with van der Waals surface area (Å²) in [6, 6.07) is 13.6. The van der Waals surface area contributed by atoms with Crippen LogP contribution in [0.5, 0.6) is 17.2 Å². The van der Waals surface area contributed by atoms with Gasteiger partial charge in [0.05, 0.1) is 32.8 Å². The highest BCUT2D eigenvalue weighted by molar-refractivity contribution is 7.80. The Balaban J connectivity index is 1.77. The number of para-hydroxylation sites is 2. The second kappa shape index (κ2) is 12.0. The lowest BCUT2D eigenvalue weighted by Gasteiger charge is -2.27. The SMILES string of the molecule is CCOc1ccccc1NC(=S)N(CCCn1ccnc1)Cc1ccc(OC)cc1OC. The first-order chi connectivity index (χ1) is 15.6. The van der Waals surface area contributed by atoms with Crippen LogP contribution in [0.15, 0.2) is 61.2 Å². The summed E-state index contributed by atoms with van der Waals surface area (Å²) >= 11 is 5.82. The van der Waals surface area contributed by atoms with Crippen molar-refractivity contribution in [1.29, 1.82) is 0 Å². The van der Waals surface area contributed by atoms with Crippen LogP contribution in [0.3, 0.4) is 0 Å². The maximum absolute atomic E-state index is 5.82. The maximum Gasteiger partial charge on any atom is 0.173 e. The van der Waals surface area contributed by atoms with Gasteiger partial charge in [-0.2, -0.15) is 0 Å². The van der Waals surface area contributed by atoms with Crippen molar-refractivity contribution in [3.8, 4) is 17.2 Å². The molecule has 8 heteroatoms. The molecule has 1 heterocycles. The van der Waals surface area contributed by atoms with Crippen molar-refractivity contribution in [2.45, 2.75) is 26.4 Å². The molecule has 3 aromatic rings. The number of aromatic nitrogens is 2. The molecular weight excluding hydrogens is 424 g/mol. The zero-order valence-electron chi connectivity index (χ0n) is 18.8. The fourth-order valence-corrected chi connectivity index (χ4v) is 3.61. The predicted octanol–water partition coefficient (Wildman–Crippen LogP) is 4.59. The molecule has 0 saturated heterocycles. The van der Waals surface area contributed by atoms with Gasteiger partial charge in [0.1, 0.15) is 17.2 Å². The van der Waals surface area contributed by atoms with Crippen LogP contribution in [0.2, 0.25) is 0 Å². The lowest BCUT2D eigenvalue weighted by atomic mass is 10.1. The molecule has 3 rings (SSSR count). The number of benzene rings is 2. The van der Waals surface area contributed by atoms with Crippen molar-refractivity contribution in [3.63, 3.8) is 0 Å². The third-order valence-corrected chi connectivity index (χ3v) is 5.33. The van der Waals surface area contributed by atoms with Gasteiger partial charge < -0.3 is 29.0 Å². The van der Waals surface area contributed by atoms with Crippen LogP contribution < -0.4 is 19.5 Å². The van der Waals surface area contributed by atoms with Crippen molar-refractivity contribution < 1.29 is 14.2 Å². The van der Waals surface area contributed by atoms with E-state index in [1.54, 1.807) is 20.4 Å². The lowest BCUT2D eigenvalue weighted by molar-refractivity contribution is 0.341. The Morgan fingerprint density at radius 3 is 2.69 bits per heavy atom. The Labute approximate surface area is 194 Å². The van der Waals surface area contributed by atoms with E-state index in [4.69, 9.17) is 26.4 Å². The van der Waals surface area contributed by atoms with Crippen molar-refractivity contribution in [2.24, 2.45) is 0 Å². The summed E-state index contributed by atoms with van der Waals surface area (Å²) in [6.45, 7) is 4.76. The normalized spacial score (nSPS) is 10.5. The van der Waals surface area contributed by atoms with E-state index in [9.17, 15) is 0 Å². The number of rotatable bonds is 11. The summed E-state index contributed by atoms with van der Waals surface area (Å²) in [5.41, 5.74) is 1.87. The zero-order valence-corrected chi connectivity index (χ0v) is 19.6. The number of hydrogen-bond acceptors (Lipinski definition) is 5. The van der Waals surface area contributed by atoms with Crippen LogP contribution in [0.25, 0.3) is 0 Å².